The van der Waals surface area contributed by atoms with Crippen LogP contribution in [0.4, 0.5) is 0 Å². The standard InChI is InChI=1S/C15H19NO2S2/c1-3-13(17)10(2)14(18)16-12(9-20-15(16)19)11-7-5-4-6-8-11/h4-8,10,12-13,17H,3,9H2,1-2H3/t10-,12-,13+/m1/s1. The molecule has 1 aliphatic rings. The van der Waals surface area contributed by atoms with Gasteiger partial charge in [0.05, 0.1) is 18.1 Å². The van der Waals surface area contributed by atoms with E-state index in [1.165, 1.54) is 11.8 Å². The summed E-state index contributed by atoms with van der Waals surface area (Å²) >= 11 is 6.85. The minimum Gasteiger partial charge on any atom is -0.392 e. The van der Waals surface area contributed by atoms with E-state index < -0.39 is 12.0 Å². The van der Waals surface area contributed by atoms with Gasteiger partial charge in [0, 0.05) is 5.75 Å². The SMILES string of the molecule is CC[C@H](O)[C@@H](C)C(=O)N1C(=S)SC[C@@H]1c1ccccc1. The Morgan fingerprint density at radius 2 is 2.15 bits per heavy atom. The second-order valence-electron chi connectivity index (χ2n) is 4.98. The van der Waals surface area contributed by atoms with Crippen LogP contribution in [0.1, 0.15) is 31.9 Å². The van der Waals surface area contributed by atoms with Crippen molar-refractivity contribution in [3.05, 3.63) is 35.9 Å². The van der Waals surface area contributed by atoms with Gasteiger partial charge in [0.1, 0.15) is 4.32 Å². The Bertz CT molecular complexity index is 492. The predicted octanol–water partition coefficient (Wildman–Crippen LogP) is 3.00. The van der Waals surface area contributed by atoms with Gasteiger partial charge in [0.2, 0.25) is 5.91 Å². The Labute approximate surface area is 129 Å². The minimum atomic E-state index is -0.618. The zero-order chi connectivity index (χ0) is 14.7. The van der Waals surface area contributed by atoms with Crippen molar-refractivity contribution in [1.82, 2.24) is 4.90 Å². The molecule has 20 heavy (non-hydrogen) atoms. The second-order valence-corrected chi connectivity index (χ2v) is 6.63. The molecule has 0 spiro atoms. The lowest BCUT2D eigenvalue weighted by Gasteiger charge is -2.28. The van der Waals surface area contributed by atoms with Gasteiger partial charge in [-0.1, -0.05) is 68.2 Å². The quantitative estimate of drug-likeness (QED) is 0.868. The molecule has 1 heterocycles. The molecule has 1 aromatic rings. The van der Waals surface area contributed by atoms with Crippen LogP contribution in [0.3, 0.4) is 0 Å². The third-order valence-corrected chi connectivity index (χ3v) is 5.16. The number of benzene rings is 1. The fraction of sp³-hybridized carbons (Fsp3) is 0.467. The summed E-state index contributed by atoms with van der Waals surface area (Å²) in [6.07, 6.45) is -0.0521. The maximum atomic E-state index is 12.6. The predicted molar refractivity (Wildman–Crippen MR) is 86.5 cm³/mol. The second kappa shape index (κ2) is 6.70. The van der Waals surface area contributed by atoms with E-state index in [1.807, 2.05) is 37.3 Å². The zero-order valence-electron chi connectivity index (χ0n) is 11.7. The van der Waals surface area contributed by atoms with Crippen LogP contribution in [0.2, 0.25) is 0 Å². The van der Waals surface area contributed by atoms with Crippen molar-refractivity contribution in [2.45, 2.75) is 32.4 Å². The van der Waals surface area contributed by atoms with E-state index in [2.05, 4.69) is 0 Å². The van der Waals surface area contributed by atoms with Gasteiger partial charge in [-0.05, 0) is 12.0 Å². The van der Waals surface area contributed by atoms with Gasteiger partial charge in [-0.2, -0.15) is 0 Å². The first-order chi connectivity index (χ1) is 9.56. The van der Waals surface area contributed by atoms with Crippen molar-refractivity contribution >= 4 is 34.2 Å². The van der Waals surface area contributed by atoms with Crippen molar-refractivity contribution in [3.63, 3.8) is 0 Å². The topological polar surface area (TPSA) is 40.5 Å². The largest absolute Gasteiger partial charge is 0.392 e. The van der Waals surface area contributed by atoms with Crippen molar-refractivity contribution in [1.29, 1.82) is 0 Å². The normalized spacial score (nSPS) is 21.9. The highest BCUT2D eigenvalue weighted by Crippen LogP contribution is 2.36. The summed E-state index contributed by atoms with van der Waals surface area (Å²) in [6.45, 7) is 3.64. The van der Waals surface area contributed by atoms with E-state index in [0.717, 1.165) is 11.3 Å². The van der Waals surface area contributed by atoms with Gasteiger partial charge in [0.25, 0.3) is 0 Å². The average Bonchev–Trinajstić information content (AvgIpc) is 2.87. The van der Waals surface area contributed by atoms with E-state index in [-0.39, 0.29) is 11.9 Å². The Morgan fingerprint density at radius 3 is 2.75 bits per heavy atom. The fourth-order valence-corrected chi connectivity index (χ4v) is 3.74. The van der Waals surface area contributed by atoms with Gasteiger partial charge < -0.3 is 5.11 Å². The molecule has 0 aliphatic carbocycles. The first-order valence-electron chi connectivity index (χ1n) is 6.79. The monoisotopic (exact) mass is 309 g/mol. The van der Waals surface area contributed by atoms with E-state index >= 15 is 0 Å². The number of thiocarbonyl (C=S) groups is 1. The molecular formula is C15H19NO2S2. The lowest BCUT2D eigenvalue weighted by atomic mass is 9.99. The van der Waals surface area contributed by atoms with Gasteiger partial charge in [0.15, 0.2) is 0 Å². The molecule has 0 saturated carbocycles. The van der Waals surface area contributed by atoms with Gasteiger partial charge in [-0.25, -0.2) is 0 Å². The van der Waals surface area contributed by atoms with Crippen LogP contribution >= 0.6 is 24.0 Å². The van der Waals surface area contributed by atoms with Crippen LogP contribution < -0.4 is 0 Å². The summed E-state index contributed by atoms with van der Waals surface area (Å²) in [7, 11) is 0. The van der Waals surface area contributed by atoms with Crippen molar-refractivity contribution < 1.29 is 9.90 Å². The van der Waals surface area contributed by atoms with Crippen LogP contribution in [-0.2, 0) is 4.79 Å². The highest BCUT2D eigenvalue weighted by atomic mass is 32.2. The molecule has 108 valence electrons. The molecule has 1 N–H and O–H groups in total. The number of hydrogen-bond donors (Lipinski definition) is 1. The molecule has 1 fully saturated rings. The summed E-state index contributed by atoms with van der Waals surface area (Å²) < 4.78 is 0.610. The molecular weight excluding hydrogens is 290 g/mol. The maximum absolute atomic E-state index is 12.6. The Kier molecular flexibility index (Phi) is 5.18. The van der Waals surface area contributed by atoms with Crippen LogP contribution in [0.5, 0.6) is 0 Å². The number of carbonyl (C=O) groups excluding carboxylic acids is 1. The molecule has 0 aromatic heterocycles. The fourth-order valence-electron chi connectivity index (χ4n) is 2.32. The number of thioether (sulfide) groups is 1. The first kappa shape index (κ1) is 15.5. The number of amides is 1. The number of aliphatic hydroxyl groups excluding tert-OH is 1. The third kappa shape index (κ3) is 3.05. The van der Waals surface area contributed by atoms with Crippen LogP contribution in [-0.4, -0.2) is 32.1 Å². The Morgan fingerprint density at radius 1 is 1.50 bits per heavy atom. The van der Waals surface area contributed by atoms with Crippen LogP contribution in [0.15, 0.2) is 30.3 Å². The molecule has 2 rings (SSSR count). The number of aliphatic hydroxyl groups is 1. The number of nitrogens with zero attached hydrogens (tertiary/aromatic N) is 1. The Balaban J connectivity index is 2.23. The summed E-state index contributed by atoms with van der Waals surface area (Å²) in [6, 6.07) is 9.90. The molecule has 1 saturated heterocycles. The maximum Gasteiger partial charge on any atom is 0.234 e. The van der Waals surface area contributed by atoms with Crippen molar-refractivity contribution in [2.75, 3.05) is 5.75 Å². The van der Waals surface area contributed by atoms with Crippen LogP contribution in [0, 0.1) is 5.92 Å². The lowest BCUT2D eigenvalue weighted by Crippen LogP contribution is -2.41. The van der Waals surface area contributed by atoms with Crippen molar-refractivity contribution in [3.8, 4) is 0 Å². The molecule has 0 radical (unpaired) electrons. The molecule has 1 aromatic carbocycles. The molecule has 0 bridgehead atoms. The summed E-state index contributed by atoms with van der Waals surface area (Å²) in [4.78, 5) is 14.3. The smallest absolute Gasteiger partial charge is 0.234 e. The summed E-state index contributed by atoms with van der Waals surface area (Å²) in [5.41, 5.74) is 1.09. The molecule has 3 atom stereocenters. The highest BCUT2D eigenvalue weighted by Gasteiger charge is 2.38. The van der Waals surface area contributed by atoms with E-state index in [1.54, 1.807) is 11.8 Å². The number of hydrogen-bond acceptors (Lipinski definition) is 4. The molecule has 0 unspecified atom stereocenters. The van der Waals surface area contributed by atoms with E-state index in [4.69, 9.17) is 12.2 Å². The average molecular weight is 309 g/mol. The van der Waals surface area contributed by atoms with Gasteiger partial charge in [-0.3, -0.25) is 9.69 Å². The number of rotatable bonds is 4. The molecule has 1 aliphatic heterocycles. The molecule has 1 amide bonds. The number of carbonyl (C=O) groups is 1. The third-order valence-electron chi connectivity index (χ3n) is 3.68. The summed E-state index contributed by atoms with van der Waals surface area (Å²) in [5, 5.41) is 9.90. The zero-order valence-corrected chi connectivity index (χ0v) is 13.3. The minimum absolute atomic E-state index is 0.0206. The Hall–Kier alpha value is -0.910. The van der Waals surface area contributed by atoms with E-state index in [0.29, 0.717) is 10.7 Å². The first-order valence-corrected chi connectivity index (χ1v) is 8.18. The lowest BCUT2D eigenvalue weighted by molar-refractivity contribution is -0.135. The molecule has 3 nitrogen and oxygen atoms in total. The van der Waals surface area contributed by atoms with Crippen LogP contribution in [0.25, 0.3) is 0 Å². The summed E-state index contributed by atoms with van der Waals surface area (Å²) in [5.74, 6) is 0.273. The van der Waals surface area contributed by atoms with E-state index in [9.17, 15) is 9.90 Å². The molecule has 5 heteroatoms. The highest BCUT2D eigenvalue weighted by molar-refractivity contribution is 8.23. The van der Waals surface area contributed by atoms with Crippen molar-refractivity contribution in [2.24, 2.45) is 5.92 Å². The van der Waals surface area contributed by atoms with Gasteiger partial charge >= 0.3 is 0 Å². The van der Waals surface area contributed by atoms with Gasteiger partial charge in [-0.15, -0.1) is 0 Å².